The van der Waals surface area contributed by atoms with Gasteiger partial charge in [-0.25, -0.2) is 9.37 Å². The molecule has 1 aliphatic heterocycles. The lowest BCUT2D eigenvalue weighted by Gasteiger charge is -2.22. The molecule has 7 heteroatoms. The van der Waals surface area contributed by atoms with Crippen molar-refractivity contribution in [2.45, 2.75) is 31.7 Å². The summed E-state index contributed by atoms with van der Waals surface area (Å²) in [5.74, 6) is -0.549. The molecule has 0 saturated carbocycles. The minimum atomic E-state index is -0.609. The van der Waals surface area contributed by atoms with E-state index in [1.807, 2.05) is 13.1 Å². The largest absolute Gasteiger partial charge is 0.342 e. The lowest BCUT2D eigenvalue weighted by molar-refractivity contribution is -0.126. The molecule has 1 N–H and O–H groups in total. The van der Waals surface area contributed by atoms with Crippen molar-refractivity contribution >= 4 is 17.5 Å². The minimum absolute atomic E-state index is 0.0533. The zero-order valence-electron chi connectivity index (χ0n) is 17.9. The Balaban J connectivity index is 1.36. The minimum Gasteiger partial charge on any atom is -0.342 e. The highest BCUT2D eigenvalue weighted by Gasteiger charge is 2.37. The number of imidazole rings is 1. The van der Waals surface area contributed by atoms with Crippen LogP contribution in [0, 0.1) is 11.7 Å². The average molecular weight is 432 g/mol. The summed E-state index contributed by atoms with van der Waals surface area (Å²) in [5, 5.41) is 3.01. The summed E-state index contributed by atoms with van der Waals surface area (Å²) in [6, 6.07) is 11.7. The van der Waals surface area contributed by atoms with Crippen LogP contribution in [0.3, 0.4) is 0 Å². The number of hydrogen-bond donors (Lipinski definition) is 1. The van der Waals surface area contributed by atoms with Crippen molar-refractivity contribution in [3.8, 4) is 0 Å². The zero-order valence-corrected chi connectivity index (χ0v) is 17.9. The van der Waals surface area contributed by atoms with E-state index in [2.05, 4.69) is 22.4 Å². The summed E-state index contributed by atoms with van der Waals surface area (Å²) in [6.45, 7) is 0.333. The Morgan fingerprint density at radius 1 is 1.19 bits per heavy atom. The van der Waals surface area contributed by atoms with Crippen molar-refractivity contribution in [2.75, 3.05) is 11.4 Å². The van der Waals surface area contributed by atoms with Gasteiger partial charge in [0.25, 0.3) is 0 Å². The van der Waals surface area contributed by atoms with Crippen molar-refractivity contribution in [3.63, 3.8) is 0 Å². The third kappa shape index (κ3) is 3.79. The van der Waals surface area contributed by atoms with Gasteiger partial charge >= 0.3 is 0 Å². The van der Waals surface area contributed by atoms with Crippen LogP contribution >= 0.6 is 0 Å². The van der Waals surface area contributed by atoms with Gasteiger partial charge in [-0.15, -0.1) is 0 Å². The molecular weight excluding hydrogens is 407 g/mol. The van der Waals surface area contributed by atoms with Gasteiger partial charge in [0.05, 0.1) is 5.92 Å². The number of nitrogens with one attached hydrogen (secondary N) is 1. The van der Waals surface area contributed by atoms with Crippen molar-refractivity contribution in [2.24, 2.45) is 13.0 Å². The van der Waals surface area contributed by atoms with Gasteiger partial charge < -0.3 is 14.8 Å². The number of carbonyl (C=O) groups is 2. The zero-order chi connectivity index (χ0) is 22.2. The quantitative estimate of drug-likeness (QED) is 0.673. The van der Waals surface area contributed by atoms with Crippen LogP contribution in [0.15, 0.2) is 54.9 Å². The normalized spacial score (nSPS) is 18.6. The predicted molar refractivity (Wildman–Crippen MR) is 119 cm³/mol. The molecule has 0 spiro atoms. The van der Waals surface area contributed by atoms with Gasteiger partial charge in [0.2, 0.25) is 11.8 Å². The predicted octanol–water partition coefficient (Wildman–Crippen LogP) is 3.31. The highest BCUT2D eigenvalue weighted by Crippen LogP contribution is 2.31. The molecule has 0 radical (unpaired) electrons. The van der Waals surface area contributed by atoms with Crippen LogP contribution in [-0.4, -0.2) is 27.9 Å². The van der Waals surface area contributed by atoms with E-state index >= 15 is 0 Å². The molecule has 2 aromatic carbocycles. The Bertz CT molecular complexity index is 1190. The number of carbonyl (C=O) groups excluding carboxylic acids is 2. The van der Waals surface area contributed by atoms with Crippen molar-refractivity contribution < 1.29 is 14.0 Å². The summed E-state index contributed by atoms with van der Waals surface area (Å²) in [7, 11) is 1.83. The maximum atomic E-state index is 13.9. The molecule has 0 bridgehead atoms. The second kappa shape index (κ2) is 8.22. The average Bonchev–Trinajstić information content (AvgIpc) is 3.51. The summed E-state index contributed by atoms with van der Waals surface area (Å²) in [6.07, 6.45) is 6.84. The van der Waals surface area contributed by atoms with Crippen molar-refractivity contribution in [1.82, 2.24) is 14.9 Å². The molecule has 1 aromatic heterocycles. The fourth-order valence-electron chi connectivity index (χ4n) is 4.76. The van der Waals surface area contributed by atoms with Crippen LogP contribution in [0.2, 0.25) is 0 Å². The number of aryl methyl sites for hydroxylation is 3. The number of fused-ring (bicyclic) bond motifs is 1. The highest BCUT2D eigenvalue weighted by atomic mass is 19.1. The van der Waals surface area contributed by atoms with Crippen LogP contribution in [0.4, 0.5) is 10.1 Å². The number of nitrogens with zero attached hydrogens (tertiary/aromatic N) is 3. The van der Waals surface area contributed by atoms with Crippen LogP contribution in [0.25, 0.3) is 0 Å². The third-order valence-corrected chi connectivity index (χ3v) is 6.47. The van der Waals surface area contributed by atoms with Crippen LogP contribution < -0.4 is 10.2 Å². The molecule has 2 amide bonds. The first-order chi connectivity index (χ1) is 15.5. The van der Waals surface area contributed by atoms with Gasteiger partial charge in [-0.2, -0.15) is 0 Å². The molecule has 1 aliphatic carbocycles. The van der Waals surface area contributed by atoms with Crippen LogP contribution in [0.5, 0.6) is 0 Å². The maximum Gasteiger partial charge on any atom is 0.227 e. The molecule has 6 nitrogen and oxygen atoms in total. The Labute approximate surface area is 186 Å². The molecule has 2 atom stereocenters. The van der Waals surface area contributed by atoms with Gasteiger partial charge in [-0.1, -0.05) is 18.2 Å². The number of rotatable bonds is 5. The first-order valence-electron chi connectivity index (χ1n) is 10.9. The van der Waals surface area contributed by atoms with Gasteiger partial charge in [-0.3, -0.25) is 9.59 Å². The van der Waals surface area contributed by atoms with E-state index in [4.69, 9.17) is 0 Å². The third-order valence-electron chi connectivity index (χ3n) is 6.47. The van der Waals surface area contributed by atoms with E-state index in [0.29, 0.717) is 17.9 Å². The molecule has 32 heavy (non-hydrogen) atoms. The molecule has 164 valence electrons. The molecule has 2 heterocycles. The molecular formula is C25H25FN4O2. The lowest BCUT2D eigenvalue weighted by Crippen LogP contribution is -2.37. The summed E-state index contributed by atoms with van der Waals surface area (Å²) in [4.78, 5) is 32.0. The monoisotopic (exact) mass is 432 g/mol. The first kappa shape index (κ1) is 20.4. The van der Waals surface area contributed by atoms with Gasteiger partial charge in [0, 0.05) is 38.1 Å². The van der Waals surface area contributed by atoms with Crippen molar-refractivity contribution in [3.05, 3.63) is 83.2 Å². The second-order valence-corrected chi connectivity index (χ2v) is 8.60. The standard InChI is InChI=1S/C25H25FN4O2/c1-29-11-10-27-24(29)23(18-6-3-7-20(26)12-18)28-25(32)19-14-22(31)30(15-19)21-9-8-16-4-2-5-17(16)13-21/h3,6-13,19,23H,2,4-5,14-15H2,1H3,(H,28,32). The van der Waals surface area contributed by atoms with Crippen molar-refractivity contribution in [1.29, 1.82) is 0 Å². The number of halogens is 1. The Morgan fingerprint density at radius 2 is 2.03 bits per heavy atom. The van der Waals surface area contributed by atoms with E-state index < -0.39 is 12.0 Å². The summed E-state index contributed by atoms with van der Waals surface area (Å²) >= 11 is 0. The summed E-state index contributed by atoms with van der Waals surface area (Å²) < 4.78 is 15.7. The Hall–Kier alpha value is -3.48. The maximum absolute atomic E-state index is 13.9. The Morgan fingerprint density at radius 3 is 2.81 bits per heavy atom. The molecule has 3 aromatic rings. The molecule has 5 rings (SSSR count). The topological polar surface area (TPSA) is 67.2 Å². The fourth-order valence-corrected chi connectivity index (χ4v) is 4.76. The number of aromatic nitrogens is 2. The van der Waals surface area contributed by atoms with E-state index in [1.54, 1.807) is 34.0 Å². The Kier molecular flexibility index (Phi) is 5.25. The highest BCUT2D eigenvalue weighted by molar-refractivity contribution is 6.00. The second-order valence-electron chi connectivity index (χ2n) is 8.60. The lowest BCUT2D eigenvalue weighted by atomic mass is 10.0. The molecule has 2 unspecified atom stereocenters. The molecule has 2 aliphatic rings. The number of hydrogen-bond acceptors (Lipinski definition) is 3. The first-order valence-corrected chi connectivity index (χ1v) is 10.9. The van der Waals surface area contributed by atoms with E-state index in [-0.39, 0.29) is 24.1 Å². The fraction of sp³-hybridized carbons (Fsp3) is 0.320. The van der Waals surface area contributed by atoms with E-state index in [1.165, 1.54) is 23.3 Å². The van der Waals surface area contributed by atoms with E-state index in [9.17, 15) is 14.0 Å². The van der Waals surface area contributed by atoms with Gasteiger partial charge in [0.15, 0.2) is 0 Å². The number of amides is 2. The van der Waals surface area contributed by atoms with Crippen LogP contribution in [-0.2, 0) is 29.5 Å². The van der Waals surface area contributed by atoms with Crippen LogP contribution in [0.1, 0.15) is 41.4 Å². The van der Waals surface area contributed by atoms with E-state index in [0.717, 1.165) is 24.9 Å². The number of benzene rings is 2. The molecule has 1 saturated heterocycles. The summed E-state index contributed by atoms with van der Waals surface area (Å²) in [5.41, 5.74) is 4.11. The number of anilines is 1. The molecule has 1 fully saturated rings. The van der Waals surface area contributed by atoms with Gasteiger partial charge in [0.1, 0.15) is 17.7 Å². The van der Waals surface area contributed by atoms with Gasteiger partial charge in [-0.05, 0) is 60.2 Å². The SMILES string of the molecule is Cn1ccnc1C(NC(=O)C1CC(=O)N(c2ccc3c(c2)CCC3)C1)c1cccc(F)c1. The smallest absolute Gasteiger partial charge is 0.227 e.